The SMILES string of the molecule is Cn1nccc1S(=O)(=O)N[C@@H]1CCCN(c2ccccc2F)C1. The first-order valence-electron chi connectivity index (χ1n) is 7.47. The zero-order valence-corrected chi connectivity index (χ0v) is 13.6. The monoisotopic (exact) mass is 338 g/mol. The minimum absolute atomic E-state index is 0.125. The molecule has 0 aliphatic carbocycles. The molecule has 124 valence electrons. The first-order chi connectivity index (χ1) is 11.0. The zero-order chi connectivity index (χ0) is 16.4. The lowest BCUT2D eigenvalue weighted by molar-refractivity contribution is 0.458. The molecule has 6 nitrogen and oxygen atoms in total. The second-order valence-electron chi connectivity index (χ2n) is 5.65. The molecule has 1 aliphatic heterocycles. The average molecular weight is 338 g/mol. The molecule has 0 saturated carbocycles. The van der Waals surface area contributed by atoms with Crippen molar-refractivity contribution in [2.75, 3.05) is 18.0 Å². The Morgan fingerprint density at radius 3 is 2.78 bits per heavy atom. The predicted molar refractivity (Wildman–Crippen MR) is 85.2 cm³/mol. The van der Waals surface area contributed by atoms with E-state index >= 15 is 0 Å². The van der Waals surface area contributed by atoms with Crippen LogP contribution in [0.2, 0.25) is 0 Å². The Kier molecular flexibility index (Phi) is 4.36. The highest BCUT2D eigenvalue weighted by molar-refractivity contribution is 7.89. The summed E-state index contributed by atoms with van der Waals surface area (Å²) in [5.41, 5.74) is 0.511. The summed E-state index contributed by atoms with van der Waals surface area (Å²) in [6.07, 6.45) is 2.97. The van der Waals surface area contributed by atoms with Gasteiger partial charge < -0.3 is 4.90 Å². The fourth-order valence-corrected chi connectivity index (χ4v) is 4.29. The van der Waals surface area contributed by atoms with Gasteiger partial charge in [-0.05, 0) is 31.0 Å². The van der Waals surface area contributed by atoms with Gasteiger partial charge in [0.1, 0.15) is 5.82 Å². The number of rotatable bonds is 4. The fourth-order valence-electron chi connectivity index (χ4n) is 2.91. The molecule has 2 aromatic rings. The van der Waals surface area contributed by atoms with Crippen molar-refractivity contribution in [2.45, 2.75) is 23.9 Å². The minimum Gasteiger partial charge on any atom is -0.368 e. The number of nitrogens with zero attached hydrogens (tertiary/aromatic N) is 3. The number of para-hydroxylation sites is 1. The predicted octanol–water partition coefficient (Wildman–Crippen LogP) is 1.51. The number of aromatic nitrogens is 2. The Bertz CT molecular complexity index is 790. The molecule has 1 saturated heterocycles. The molecule has 3 rings (SSSR count). The number of nitrogens with one attached hydrogen (secondary N) is 1. The number of benzene rings is 1. The maximum atomic E-state index is 13.9. The van der Waals surface area contributed by atoms with E-state index in [0.29, 0.717) is 18.8 Å². The van der Waals surface area contributed by atoms with E-state index < -0.39 is 10.0 Å². The molecule has 0 amide bonds. The highest BCUT2D eigenvalue weighted by atomic mass is 32.2. The highest BCUT2D eigenvalue weighted by Crippen LogP contribution is 2.23. The van der Waals surface area contributed by atoms with Crippen molar-refractivity contribution in [2.24, 2.45) is 7.05 Å². The molecule has 0 spiro atoms. The summed E-state index contributed by atoms with van der Waals surface area (Å²) in [6, 6.07) is 7.75. The van der Waals surface area contributed by atoms with E-state index in [4.69, 9.17) is 0 Å². The van der Waals surface area contributed by atoms with Gasteiger partial charge in [-0.2, -0.15) is 5.10 Å². The molecule has 2 heterocycles. The van der Waals surface area contributed by atoms with Gasteiger partial charge in [-0.25, -0.2) is 17.5 Å². The molecule has 1 atom stereocenters. The number of sulfonamides is 1. The number of hydrogen-bond donors (Lipinski definition) is 1. The van der Waals surface area contributed by atoms with Crippen LogP contribution in [-0.4, -0.2) is 37.3 Å². The Morgan fingerprint density at radius 1 is 1.30 bits per heavy atom. The molecule has 1 fully saturated rings. The van der Waals surface area contributed by atoms with Crippen molar-refractivity contribution < 1.29 is 12.8 Å². The van der Waals surface area contributed by atoms with Crippen molar-refractivity contribution in [1.82, 2.24) is 14.5 Å². The summed E-state index contributed by atoms with van der Waals surface area (Å²) in [5, 5.41) is 4.01. The molecule has 1 aliphatic rings. The van der Waals surface area contributed by atoms with Crippen LogP contribution in [0.1, 0.15) is 12.8 Å². The van der Waals surface area contributed by atoms with Crippen LogP contribution in [0.25, 0.3) is 0 Å². The Hall–Kier alpha value is -1.93. The van der Waals surface area contributed by atoms with Gasteiger partial charge in [-0.1, -0.05) is 12.1 Å². The maximum Gasteiger partial charge on any atom is 0.258 e. The number of hydrogen-bond acceptors (Lipinski definition) is 4. The molecule has 23 heavy (non-hydrogen) atoms. The van der Waals surface area contributed by atoms with Crippen LogP contribution in [0.15, 0.2) is 41.6 Å². The van der Waals surface area contributed by atoms with E-state index in [0.717, 1.165) is 12.8 Å². The summed E-state index contributed by atoms with van der Waals surface area (Å²) < 4.78 is 42.8. The molecule has 8 heteroatoms. The summed E-state index contributed by atoms with van der Waals surface area (Å²) in [6.45, 7) is 1.16. The van der Waals surface area contributed by atoms with Gasteiger partial charge >= 0.3 is 0 Å². The van der Waals surface area contributed by atoms with Crippen LogP contribution in [0.3, 0.4) is 0 Å². The zero-order valence-electron chi connectivity index (χ0n) is 12.8. The lowest BCUT2D eigenvalue weighted by atomic mass is 10.1. The smallest absolute Gasteiger partial charge is 0.258 e. The largest absolute Gasteiger partial charge is 0.368 e. The summed E-state index contributed by atoms with van der Waals surface area (Å²) >= 11 is 0. The van der Waals surface area contributed by atoms with Crippen LogP contribution in [0.4, 0.5) is 10.1 Å². The van der Waals surface area contributed by atoms with Crippen molar-refractivity contribution in [3.05, 3.63) is 42.3 Å². The summed E-state index contributed by atoms with van der Waals surface area (Å²) in [5.74, 6) is -0.289. The minimum atomic E-state index is -3.63. The lowest BCUT2D eigenvalue weighted by Gasteiger charge is -2.34. The normalized spacial score (nSPS) is 19.0. The van der Waals surface area contributed by atoms with E-state index in [1.807, 2.05) is 4.90 Å². The third-order valence-electron chi connectivity index (χ3n) is 3.99. The topological polar surface area (TPSA) is 67.2 Å². The van der Waals surface area contributed by atoms with Crippen molar-refractivity contribution in [3.63, 3.8) is 0 Å². The molecular formula is C15H19FN4O2S. The Balaban J connectivity index is 1.75. The summed E-state index contributed by atoms with van der Waals surface area (Å²) in [7, 11) is -2.05. The second-order valence-corrected chi connectivity index (χ2v) is 7.31. The number of piperidine rings is 1. The Labute approximate surface area is 135 Å². The standard InChI is InChI=1S/C15H19FN4O2S/c1-19-15(8-9-17-19)23(21,22)18-12-5-4-10-20(11-12)14-7-3-2-6-13(14)16/h2-3,6-9,12,18H,4-5,10-11H2,1H3/t12-/m1/s1. The third-order valence-corrected chi connectivity index (χ3v) is 5.58. The molecular weight excluding hydrogens is 319 g/mol. The average Bonchev–Trinajstić information content (AvgIpc) is 2.95. The van der Waals surface area contributed by atoms with Crippen molar-refractivity contribution in [3.8, 4) is 0 Å². The van der Waals surface area contributed by atoms with E-state index in [2.05, 4.69) is 9.82 Å². The first-order valence-corrected chi connectivity index (χ1v) is 8.95. The second kappa shape index (κ2) is 6.29. The van der Waals surface area contributed by atoms with Crippen LogP contribution in [0.5, 0.6) is 0 Å². The Morgan fingerprint density at radius 2 is 2.09 bits per heavy atom. The van der Waals surface area contributed by atoms with Gasteiger partial charge in [0.05, 0.1) is 11.9 Å². The van der Waals surface area contributed by atoms with Gasteiger partial charge in [-0.3, -0.25) is 4.68 Å². The molecule has 1 aromatic heterocycles. The highest BCUT2D eigenvalue weighted by Gasteiger charge is 2.27. The van der Waals surface area contributed by atoms with Crippen molar-refractivity contribution in [1.29, 1.82) is 0 Å². The lowest BCUT2D eigenvalue weighted by Crippen LogP contribution is -2.48. The van der Waals surface area contributed by atoms with E-state index in [1.165, 1.54) is 23.0 Å². The number of halogens is 1. The van der Waals surface area contributed by atoms with E-state index in [1.54, 1.807) is 25.2 Å². The van der Waals surface area contributed by atoms with Crippen LogP contribution < -0.4 is 9.62 Å². The molecule has 1 N–H and O–H groups in total. The van der Waals surface area contributed by atoms with E-state index in [9.17, 15) is 12.8 Å². The van der Waals surface area contributed by atoms with Gasteiger partial charge in [0.2, 0.25) is 0 Å². The maximum absolute atomic E-state index is 13.9. The summed E-state index contributed by atoms with van der Waals surface area (Å²) in [4.78, 5) is 1.88. The van der Waals surface area contributed by atoms with Gasteiger partial charge in [-0.15, -0.1) is 0 Å². The number of anilines is 1. The molecule has 0 unspecified atom stereocenters. The van der Waals surface area contributed by atoms with Gasteiger partial charge in [0.25, 0.3) is 10.0 Å². The third kappa shape index (κ3) is 3.37. The van der Waals surface area contributed by atoms with Crippen LogP contribution >= 0.6 is 0 Å². The fraction of sp³-hybridized carbons (Fsp3) is 0.400. The van der Waals surface area contributed by atoms with Crippen molar-refractivity contribution >= 4 is 15.7 Å². The molecule has 0 radical (unpaired) electrons. The molecule has 0 bridgehead atoms. The van der Waals surface area contributed by atoms with Gasteiger partial charge in [0.15, 0.2) is 5.03 Å². The first kappa shape index (κ1) is 15.9. The van der Waals surface area contributed by atoms with Gasteiger partial charge in [0, 0.05) is 26.2 Å². The van der Waals surface area contributed by atoms with E-state index in [-0.39, 0.29) is 16.9 Å². The van der Waals surface area contributed by atoms with Crippen LogP contribution in [0, 0.1) is 5.82 Å². The quantitative estimate of drug-likeness (QED) is 0.918. The molecule has 1 aromatic carbocycles. The number of aryl methyl sites for hydroxylation is 1. The van der Waals surface area contributed by atoms with Crippen LogP contribution in [-0.2, 0) is 17.1 Å².